The number of carbonyl (C=O) groups is 1. The molecule has 0 aliphatic rings. The van der Waals surface area contributed by atoms with Gasteiger partial charge in [0.15, 0.2) is 5.69 Å². The fraction of sp³-hybridized carbons (Fsp3) is 0.0870. The minimum Gasteiger partial charge on any atom is -0.318 e. The van der Waals surface area contributed by atoms with Crippen molar-refractivity contribution in [1.29, 1.82) is 0 Å². The first-order valence-electron chi connectivity index (χ1n) is 9.14. The number of nitrogens with zero attached hydrogens (tertiary/aromatic N) is 2. The van der Waals surface area contributed by atoms with Crippen molar-refractivity contribution in [2.75, 3.05) is 5.32 Å². The predicted octanol–water partition coefficient (Wildman–Crippen LogP) is 4.14. The highest BCUT2D eigenvalue weighted by Crippen LogP contribution is 2.19. The first-order valence-corrected chi connectivity index (χ1v) is 9.14. The summed E-state index contributed by atoms with van der Waals surface area (Å²) in [5.74, 6) is -1.11. The van der Waals surface area contributed by atoms with Gasteiger partial charge in [-0.3, -0.25) is 9.59 Å². The van der Waals surface area contributed by atoms with E-state index in [-0.39, 0.29) is 23.5 Å². The van der Waals surface area contributed by atoms with Crippen molar-refractivity contribution in [3.05, 3.63) is 106 Å². The Kier molecular flexibility index (Phi) is 4.91. The second kappa shape index (κ2) is 7.67. The number of fused-ring (bicyclic) bond motifs is 1. The van der Waals surface area contributed by atoms with E-state index in [4.69, 9.17) is 0 Å². The van der Waals surface area contributed by atoms with Gasteiger partial charge in [0, 0.05) is 5.39 Å². The molecule has 0 bridgehead atoms. The fourth-order valence-corrected chi connectivity index (χ4v) is 3.18. The standard InChI is InChI=1S/C23H18FN3O2/c1-15-11-12-19(24)20(13-15)25-22(28)21-17-9-5-6-10-18(17)23(29)27(26-21)14-16-7-3-2-4-8-16/h2-13H,14H2,1H3,(H,25,28). The number of hydrogen-bond donors (Lipinski definition) is 1. The molecule has 0 unspecified atom stereocenters. The third-order valence-electron chi connectivity index (χ3n) is 4.63. The molecular weight excluding hydrogens is 369 g/mol. The predicted molar refractivity (Wildman–Crippen MR) is 111 cm³/mol. The molecule has 0 atom stereocenters. The Labute approximate surface area is 166 Å². The highest BCUT2D eigenvalue weighted by molar-refractivity contribution is 6.11. The quantitative estimate of drug-likeness (QED) is 0.572. The molecule has 0 saturated carbocycles. The maximum atomic E-state index is 14.1. The third-order valence-corrected chi connectivity index (χ3v) is 4.63. The number of amides is 1. The molecule has 1 aromatic heterocycles. The average Bonchev–Trinajstić information content (AvgIpc) is 2.73. The number of hydrogen-bond acceptors (Lipinski definition) is 3. The molecule has 29 heavy (non-hydrogen) atoms. The number of rotatable bonds is 4. The van der Waals surface area contributed by atoms with Crippen LogP contribution >= 0.6 is 0 Å². The van der Waals surface area contributed by atoms with E-state index in [1.807, 2.05) is 37.3 Å². The van der Waals surface area contributed by atoms with E-state index in [2.05, 4.69) is 10.4 Å². The van der Waals surface area contributed by atoms with Gasteiger partial charge < -0.3 is 5.32 Å². The van der Waals surface area contributed by atoms with E-state index in [9.17, 15) is 14.0 Å². The van der Waals surface area contributed by atoms with Gasteiger partial charge in [0.1, 0.15) is 5.82 Å². The maximum Gasteiger partial charge on any atom is 0.276 e. The minimum atomic E-state index is -0.576. The molecule has 0 radical (unpaired) electrons. The summed E-state index contributed by atoms with van der Waals surface area (Å²) in [6, 6.07) is 20.6. The number of halogens is 1. The molecular formula is C23H18FN3O2. The first-order chi connectivity index (χ1) is 14.0. The Bertz CT molecular complexity index is 1270. The molecule has 0 aliphatic carbocycles. The Hall–Kier alpha value is -3.80. The SMILES string of the molecule is Cc1ccc(F)c(NC(=O)c2nn(Cc3ccccc3)c(=O)c3ccccc23)c1. The van der Waals surface area contributed by atoms with Gasteiger partial charge in [0.25, 0.3) is 11.5 Å². The zero-order valence-electron chi connectivity index (χ0n) is 15.7. The van der Waals surface area contributed by atoms with Crippen molar-refractivity contribution < 1.29 is 9.18 Å². The number of aromatic nitrogens is 2. The van der Waals surface area contributed by atoms with Gasteiger partial charge >= 0.3 is 0 Å². The molecule has 1 heterocycles. The van der Waals surface area contributed by atoms with Gasteiger partial charge in [0.05, 0.1) is 17.6 Å². The van der Waals surface area contributed by atoms with E-state index in [0.29, 0.717) is 10.8 Å². The van der Waals surface area contributed by atoms with Gasteiger partial charge in [-0.2, -0.15) is 5.10 Å². The van der Waals surface area contributed by atoms with Crippen LogP contribution in [0.4, 0.5) is 10.1 Å². The lowest BCUT2D eigenvalue weighted by molar-refractivity contribution is 0.102. The summed E-state index contributed by atoms with van der Waals surface area (Å²) < 4.78 is 15.4. The third kappa shape index (κ3) is 3.78. The molecule has 5 nitrogen and oxygen atoms in total. The summed E-state index contributed by atoms with van der Waals surface area (Å²) in [5, 5.41) is 7.70. The zero-order valence-corrected chi connectivity index (χ0v) is 15.7. The highest BCUT2D eigenvalue weighted by atomic mass is 19.1. The first kappa shape index (κ1) is 18.6. The van der Waals surface area contributed by atoms with Crippen LogP contribution in [0.25, 0.3) is 10.8 Å². The van der Waals surface area contributed by atoms with E-state index < -0.39 is 11.7 Å². The highest BCUT2D eigenvalue weighted by Gasteiger charge is 2.18. The molecule has 0 spiro atoms. The van der Waals surface area contributed by atoms with Crippen LogP contribution in [0.15, 0.2) is 77.6 Å². The van der Waals surface area contributed by atoms with Crippen LogP contribution in [0, 0.1) is 12.7 Å². The van der Waals surface area contributed by atoms with Crippen molar-refractivity contribution >= 4 is 22.4 Å². The van der Waals surface area contributed by atoms with Crippen LogP contribution in [0.2, 0.25) is 0 Å². The van der Waals surface area contributed by atoms with Crippen molar-refractivity contribution in [3.8, 4) is 0 Å². The molecule has 6 heteroatoms. The largest absolute Gasteiger partial charge is 0.318 e. The second-order valence-electron chi connectivity index (χ2n) is 6.78. The fourth-order valence-electron chi connectivity index (χ4n) is 3.18. The second-order valence-corrected chi connectivity index (χ2v) is 6.78. The number of nitrogens with one attached hydrogen (secondary N) is 1. The van der Waals surface area contributed by atoms with Gasteiger partial charge in [0.2, 0.25) is 0 Å². The van der Waals surface area contributed by atoms with E-state index in [1.165, 1.54) is 10.7 Å². The monoisotopic (exact) mass is 387 g/mol. The summed E-state index contributed by atoms with van der Waals surface area (Å²) in [4.78, 5) is 25.8. The molecule has 0 saturated heterocycles. The Morgan fingerprint density at radius 1 is 1.00 bits per heavy atom. The van der Waals surface area contributed by atoms with Crippen LogP contribution < -0.4 is 10.9 Å². The molecule has 4 rings (SSSR count). The molecule has 1 amide bonds. The Morgan fingerprint density at radius 3 is 2.45 bits per heavy atom. The maximum absolute atomic E-state index is 14.1. The number of aryl methyl sites for hydroxylation is 1. The summed E-state index contributed by atoms with van der Waals surface area (Å²) in [7, 11) is 0. The smallest absolute Gasteiger partial charge is 0.276 e. The van der Waals surface area contributed by atoms with Crippen molar-refractivity contribution in [2.45, 2.75) is 13.5 Å². The lowest BCUT2D eigenvalue weighted by Gasteiger charge is -2.12. The van der Waals surface area contributed by atoms with Crippen LogP contribution in [0.3, 0.4) is 0 Å². The molecule has 144 valence electrons. The van der Waals surface area contributed by atoms with E-state index in [0.717, 1.165) is 11.1 Å². The normalized spacial score (nSPS) is 10.8. The summed E-state index contributed by atoms with van der Waals surface area (Å²) >= 11 is 0. The number of anilines is 1. The topological polar surface area (TPSA) is 64.0 Å². The minimum absolute atomic E-state index is 0.0667. The number of benzene rings is 3. The van der Waals surface area contributed by atoms with Crippen LogP contribution in [-0.2, 0) is 6.54 Å². The van der Waals surface area contributed by atoms with Crippen molar-refractivity contribution in [1.82, 2.24) is 9.78 Å². The van der Waals surface area contributed by atoms with Crippen LogP contribution in [0.1, 0.15) is 21.6 Å². The average molecular weight is 387 g/mol. The zero-order chi connectivity index (χ0) is 20.4. The molecule has 4 aromatic rings. The summed E-state index contributed by atoms with van der Waals surface area (Å²) in [6.07, 6.45) is 0. The van der Waals surface area contributed by atoms with Crippen LogP contribution in [-0.4, -0.2) is 15.7 Å². The number of carbonyl (C=O) groups excluding carboxylic acids is 1. The van der Waals surface area contributed by atoms with Gasteiger partial charge in [-0.05, 0) is 36.2 Å². The van der Waals surface area contributed by atoms with E-state index >= 15 is 0 Å². The van der Waals surface area contributed by atoms with Crippen LogP contribution in [0.5, 0.6) is 0 Å². The van der Waals surface area contributed by atoms with Crippen molar-refractivity contribution in [2.24, 2.45) is 0 Å². The lowest BCUT2D eigenvalue weighted by Crippen LogP contribution is -2.28. The lowest BCUT2D eigenvalue weighted by atomic mass is 10.1. The van der Waals surface area contributed by atoms with Gasteiger partial charge in [-0.15, -0.1) is 0 Å². The molecule has 0 fully saturated rings. The summed E-state index contributed by atoms with van der Waals surface area (Å²) in [6.45, 7) is 2.03. The van der Waals surface area contributed by atoms with Crippen molar-refractivity contribution in [3.63, 3.8) is 0 Å². The Morgan fingerprint density at radius 2 is 1.69 bits per heavy atom. The molecule has 0 aliphatic heterocycles. The van der Waals surface area contributed by atoms with Gasteiger partial charge in [-0.1, -0.05) is 54.6 Å². The Balaban J connectivity index is 1.80. The molecule has 1 N–H and O–H groups in total. The van der Waals surface area contributed by atoms with E-state index in [1.54, 1.807) is 36.4 Å². The van der Waals surface area contributed by atoms with Gasteiger partial charge in [-0.25, -0.2) is 9.07 Å². The summed E-state index contributed by atoms with van der Waals surface area (Å²) in [5.41, 5.74) is 1.54. The molecule has 3 aromatic carbocycles.